The highest BCUT2D eigenvalue weighted by Crippen LogP contribution is 2.31. The molecule has 2 heterocycles. The summed E-state index contributed by atoms with van der Waals surface area (Å²) >= 11 is 0. The summed E-state index contributed by atoms with van der Waals surface area (Å²) < 4.78 is 2.37. The maximum Gasteiger partial charge on any atom is 0.220 e. The fraction of sp³-hybridized carbons (Fsp3) is 0.643. The lowest BCUT2D eigenvalue weighted by Gasteiger charge is -2.22. The van der Waals surface area contributed by atoms with E-state index >= 15 is 0 Å². The lowest BCUT2D eigenvalue weighted by Crippen LogP contribution is -2.31. The molecule has 2 atom stereocenters. The van der Waals surface area contributed by atoms with Gasteiger partial charge in [0.15, 0.2) is 0 Å². The number of nitrogens with two attached hydrogens (primary N) is 1. The third-order valence-corrected chi connectivity index (χ3v) is 4.27. The zero-order chi connectivity index (χ0) is 12.7. The van der Waals surface area contributed by atoms with Gasteiger partial charge in [-0.3, -0.25) is 4.79 Å². The Morgan fingerprint density at radius 3 is 3.00 bits per heavy atom. The van der Waals surface area contributed by atoms with Gasteiger partial charge in [-0.1, -0.05) is 0 Å². The molecule has 0 aromatic carbocycles. The van der Waals surface area contributed by atoms with Crippen LogP contribution in [0.1, 0.15) is 48.7 Å². The first-order valence-electron chi connectivity index (χ1n) is 6.89. The molecule has 1 aromatic rings. The molecule has 0 radical (unpaired) electrons. The minimum absolute atomic E-state index is 0.190. The second-order valence-corrected chi connectivity index (χ2v) is 5.60. The van der Waals surface area contributed by atoms with E-state index in [1.165, 1.54) is 23.4 Å². The number of aromatic nitrogens is 1. The van der Waals surface area contributed by atoms with Crippen molar-refractivity contribution in [3.05, 3.63) is 23.0 Å². The summed E-state index contributed by atoms with van der Waals surface area (Å²) in [4.78, 5) is 11.3. The molecule has 0 bridgehead atoms. The van der Waals surface area contributed by atoms with Gasteiger partial charge in [0.1, 0.15) is 0 Å². The molecule has 4 nitrogen and oxygen atoms in total. The Kier molecular flexibility index (Phi) is 2.90. The summed E-state index contributed by atoms with van der Waals surface area (Å²) in [7, 11) is 0. The Labute approximate surface area is 108 Å². The topological polar surface area (TPSA) is 60.0 Å². The third kappa shape index (κ3) is 1.94. The summed E-state index contributed by atoms with van der Waals surface area (Å²) in [5.74, 6) is 0.190. The van der Waals surface area contributed by atoms with Crippen LogP contribution in [0.15, 0.2) is 6.07 Å². The summed E-state index contributed by atoms with van der Waals surface area (Å²) in [6.45, 7) is 3.04. The van der Waals surface area contributed by atoms with E-state index in [-0.39, 0.29) is 11.9 Å². The molecule has 4 heteroatoms. The van der Waals surface area contributed by atoms with E-state index in [2.05, 4.69) is 22.9 Å². The molecule has 1 amide bonds. The average molecular weight is 247 g/mol. The van der Waals surface area contributed by atoms with Crippen LogP contribution in [0, 0.1) is 6.92 Å². The van der Waals surface area contributed by atoms with Gasteiger partial charge in [-0.15, -0.1) is 0 Å². The van der Waals surface area contributed by atoms with Crippen LogP contribution >= 0.6 is 0 Å². The number of hydrogen-bond donors (Lipinski definition) is 2. The van der Waals surface area contributed by atoms with Gasteiger partial charge in [0.05, 0.1) is 0 Å². The van der Waals surface area contributed by atoms with Crippen LogP contribution in [0.5, 0.6) is 0 Å². The molecule has 2 aliphatic rings. The lowest BCUT2D eigenvalue weighted by atomic mass is 9.93. The fourth-order valence-corrected chi connectivity index (χ4v) is 3.29. The smallest absolute Gasteiger partial charge is 0.220 e. The Balaban J connectivity index is 1.85. The normalized spacial score (nSPS) is 27.1. The molecular formula is C14H21N3O. The molecule has 18 heavy (non-hydrogen) atoms. The maximum absolute atomic E-state index is 11.3. The maximum atomic E-state index is 11.3. The highest BCUT2D eigenvalue weighted by atomic mass is 16.1. The molecule has 1 aromatic heterocycles. The molecule has 1 saturated heterocycles. The van der Waals surface area contributed by atoms with Crippen LogP contribution in [0.2, 0.25) is 0 Å². The molecule has 1 aliphatic heterocycles. The molecule has 0 spiro atoms. The van der Waals surface area contributed by atoms with Gasteiger partial charge in [-0.25, -0.2) is 0 Å². The number of rotatable bonds is 2. The first-order chi connectivity index (χ1) is 8.65. The van der Waals surface area contributed by atoms with Gasteiger partial charge in [-0.2, -0.15) is 0 Å². The van der Waals surface area contributed by atoms with E-state index in [9.17, 15) is 4.79 Å². The van der Waals surface area contributed by atoms with Crippen molar-refractivity contribution in [3.63, 3.8) is 0 Å². The highest BCUT2D eigenvalue weighted by Gasteiger charge is 2.26. The highest BCUT2D eigenvalue weighted by molar-refractivity contribution is 5.78. The molecule has 1 fully saturated rings. The Bertz CT molecular complexity index is 478. The van der Waals surface area contributed by atoms with E-state index in [1.807, 2.05) is 0 Å². The molecular weight excluding hydrogens is 226 g/mol. The van der Waals surface area contributed by atoms with Crippen LogP contribution in [0.4, 0.5) is 0 Å². The molecule has 2 unspecified atom stereocenters. The van der Waals surface area contributed by atoms with Gasteiger partial charge >= 0.3 is 0 Å². The summed E-state index contributed by atoms with van der Waals surface area (Å²) in [6, 6.07) is 2.73. The van der Waals surface area contributed by atoms with Crippen molar-refractivity contribution in [2.24, 2.45) is 5.73 Å². The number of amides is 1. The second-order valence-electron chi connectivity index (χ2n) is 5.60. The SMILES string of the molecule is Cc1cc2c(n1CC1CCC(=O)N1)CCCC2N. The van der Waals surface area contributed by atoms with E-state index in [0.29, 0.717) is 12.5 Å². The van der Waals surface area contributed by atoms with Crippen molar-refractivity contribution in [1.29, 1.82) is 0 Å². The van der Waals surface area contributed by atoms with E-state index in [4.69, 9.17) is 5.73 Å². The second kappa shape index (κ2) is 4.43. The number of carbonyl (C=O) groups excluding carboxylic acids is 1. The van der Waals surface area contributed by atoms with Gasteiger partial charge < -0.3 is 15.6 Å². The van der Waals surface area contributed by atoms with Crippen molar-refractivity contribution in [1.82, 2.24) is 9.88 Å². The summed E-state index contributed by atoms with van der Waals surface area (Å²) in [5, 5.41) is 3.05. The average Bonchev–Trinajstić information content (AvgIpc) is 2.87. The van der Waals surface area contributed by atoms with E-state index in [0.717, 1.165) is 25.8 Å². The molecule has 1 aliphatic carbocycles. The van der Waals surface area contributed by atoms with Crippen LogP contribution < -0.4 is 11.1 Å². The standard InChI is InChI=1S/C14H21N3O/c1-9-7-11-12(15)3-2-4-13(11)17(9)8-10-5-6-14(18)16-10/h7,10,12H,2-6,8,15H2,1H3,(H,16,18). The van der Waals surface area contributed by atoms with Gasteiger partial charge in [0.2, 0.25) is 5.91 Å². The minimum Gasteiger partial charge on any atom is -0.352 e. The Hall–Kier alpha value is -1.29. The number of fused-ring (bicyclic) bond motifs is 1. The van der Waals surface area contributed by atoms with E-state index in [1.54, 1.807) is 0 Å². The van der Waals surface area contributed by atoms with Gasteiger partial charge in [0.25, 0.3) is 0 Å². The molecule has 3 N–H and O–H groups in total. The fourth-order valence-electron chi connectivity index (χ4n) is 3.29. The third-order valence-electron chi connectivity index (χ3n) is 4.27. The molecule has 3 rings (SSSR count). The van der Waals surface area contributed by atoms with Crippen LogP contribution in [-0.4, -0.2) is 16.5 Å². The zero-order valence-corrected chi connectivity index (χ0v) is 10.9. The lowest BCUT2D eigenvalue weighted by molar-refractivity contribution is -0.119. The monoisotopic (exact) mass is 247 g/mol. The predicted octanol–water partition coefficient (Wildman–Crippen LogP) is 1.41. The van der Waals surface area contributed by atoms with Crippen molar-refractivity contribution in [3.8, 4) is 0 Å². The summed E-state index contributed by atoms with van der Waals surface area (Å²) in [5.41, 5.74) is 10.2. The number of aryl methyl sites for hydroxylation is 1. The largest absolute Gasteiger partial charge is 0.352 e. The summed E-state index contributed by atoms with van der Waals surface area (Å²) in [6.07, 6.45) is 5.02. The number of hydrogen-bond acceptors (Lipinski definition) is 2. The van der Waals surface area contributed by atoms with Crippen molar-refractivity contribution >= 4 is 5.91 Å². The first kappa shape index (κ1) is 11.8. The Morgan fingerprint density at radius 2 is 2.28 bits per heavy atom. The quantitative estimate of drug-likeness (QED) is 0.830. The minimum atomic E-state index is 0.190. The number of nitrogens with zero attached hydrogens (tertiary/aromatic N) is 1. The van der Waals surface area contributed by atoms with Crippen LogP contribution in [0.3, 0.4) is 0 Å². The number of carbonyl (C=O) groups is 1. The molecule has 0 saturated carbocycles. The van der Waals surface area contributed by atoms with Gasteiger partial charge in [-0.05, 0) is 44.2 Å². The van der Waals surface area contributed by atoms with Crippen LogP contribution in [-0.2, 0) is 17.8 Å². The van der Waals surface area contributed by atoms with Crippen LogP contribution in [0.25, 0.3) is 0 Å². The van der Waals surface area contributed by atoms with Crippen molar-refractivity contribution < 1.29 is 4.79 Å². The predicted molar refractivity (Wildman–Crippen MR) is 70.2 cm³/mol. The molecule has 98 valence electrons. The first-order valence-corrected chi connectivity index (χ1v) is 6.89. The van der Waals surface area contributed by atoms with Crippen molar-refractivity contribution in [2.75, 3.05) is 0 Å². The van der Waals surface area contributed by atoms with Gasteiger partial charge in [0, 0.05) is 36.4 Å². The van der Waals surface area contributed by atoms with E-state index < -0.39 is 0 Å². The van der Waals surface area contributed by atoms with Crippen molar-refractivity contribution in [2.45, 2.75) is 57.7 Å². The Morgan fingerprint density at radius 1 is 1.44 bits per heavy atom. The number of nitrogens with one attached hydrogen (secondary N) is 1. The zero-order valence-electron chi connectivity index (χ0n) is 10.9.